The van der Waals surface area contributed by atoms with Crippen molar-refractivity contribution in [3.05, 3.63) is 0 Å². The lowest BCUT2D eigenvalue weighted by atomic mass is 9.83. The molecule has 1 aliphatic carbocycles. The summed E-state index contributed by atoms with van der Waals surface area (Å²) in [6.45, 7) is 2.34. The van der Waals surface area contributed by atoms with E-state index in [1.807, 2.05) is 0 Å². The largest absolute Gasteiger partial charge is 0.241 e. The summed E-state index contributed by atoms with van der Waals surface area (Å²) in [4.78, 5) is 0. The smallest absolute Gasteiger partial charge is 0.0164 e. The lowest BCUT2D eigenvalue weighted by molar-refractivity contribution is 0.238. The van der Waals surface area contributed by atoms with Crippen LogP contribution < -0.4 is 5.32 Å². The standard InChI is InChI=1S/C10H18N/c1-2-4-9-6-7-11-8-10(9)5-3-1/h9-10H,1-8H2. The second kappa shape index (κ2) is 3.57. The van der Waals surface area contributed by atoms with E-state index < -0.39 is 0 Å². The van der Waals surface area contributed by atoms with Gasteiger partial charge in [0, 0.05) is 13.1 Å². The Kier molecular flexibility index (Phi) is 2.47. The van der Waals surface area contributed by atoms with Gasteiger partial charge in [-0.3, -0.25) is 0 Å². The van der Waals surface area contributed by atoms with Crippen LogP contribution in [0.25, 0.3) is 0 Å². The predicted molar refractivity (Wildman–Crippen MR) is 46.6 cm³/mol. The summed E-state index contributed by atoms with van der Waals surface area (Å²) in [7, 11) is 0. The maximum atomic E-state index is 4.50. The van der Waals surface area contributed by atoms with Gasteiger partial charge < -0.3 is 0 Å². The molecule has 0 N–H and O–H groups in total. The van der Waals surface area contributed by atoms with Crippen LogP contribution in [0.5, 0.6) is 0 Å². The quantitative estimate of drug-likeness (QED) is 0.505. The molecule has 1 radical (unpaired) electrons. The molecular formula is C10H18N. The second-order valence-electron chi connectivity index (χ2n) is 4.08. The van der Waals surface area contributed by atoms with Crippen molar-refractivity contribution < 1.29 is 0 Å². The Bertz CT molecular complexity index is 108. The molecule has 1 saturated carbocycles. The molecule has 63 valence electrons. The van der Waals surface area contributed by atoms with Crippen molar-refractivity contribution in [3.8, 4) is 0 Å². The summed E-state index contributed by atoms with van der Waals surface area (Å²) in [5.74, 6) is 2.03. The van der Waals surface area contributed by atoms with Crippen LogP contribution in [-0.2, 0) is 0 Å². The van der Waals surface area contributed by atoms with Crippen LogP contribution in [0.1, 0.15) is 38.5 Å². The third-order valence-corrected chi connectivity index (χ3v) is 3.34. The number of piperidine rings is 1. The van der Waals surface area contributed by atoms with Gasteiger partial charge in [0.05, 0.1) is 0 Å². The molecule has 2 aliphatic rings. The SMILES string of the molecule is C1CCC2CC[N]CC2CC1. The fourth-order valence-electron chi connectivity index (χ4n) is 2.60. The molecule has 0 spiro atoms. The first-order valence-electron chi connectivity index (χ1n) is 5.10. The first kappa shape index (κ1) is 7.60. The van der Waals surface area contributed by atoms with E-state index in [1.165, 1.54) is 45.1 Å². The molecule has 1 nitrogen and oxygen atoms in total. The third kappa shape index (κ3) is 1.76. The van der Waals surface area contributed by atoms with Gasteiger partial charge in [0.1, 0.15) is 0 Å². The first-order valence-corrected chi connectivity index (χ1v) is 5.10. The van der Waals surface area contributed by atoms with E-state index in [1.54, 1.807) is 0 Å². The van der Waals surface area contributed by atoms with Crippen molar-refractivity contribution in [2.45, 2.75) is 38.5 Å². The average molecular weight is 152 g/mol. The normalized spacial score (nSPS) is 39.3. The van der Waals surface area contributed by atoms with Gasteiger partial charge in [-0.2, -0.15) is 0 Å². The summed E-state index contributed by atoms with van der Waals surface area (Å²) in [6, 6.07) is 0. The van der Waals surface area contributed by atoms with Crippen molar-refractivity contribution >= 4 is 0 Å². The summed E-state index contributed by atoms with van der Waals surface area (Å²) < 4.78 is 0. The van der Waals surface area contributed by atoms with Crippen LogP contribution in [0.4, 0.5) is 0 Å². The molecule has 1 heteroatoms. The Balaban J connectivity index is 1.93. The zero-order chi connectivity index (χ0) is 7.52. The van der Waals surface area contributed by atoms with Crippen LogP contribution >= 0.6 is 0 Å². The van der Waals surface area contributed by atoms with E-state index in [0.29, 0.717) is 0 Å². The Hall–Kier alpha value is -0.0400. The van der Waals surface area contributed by atoms with Gasteiger partial charge in [-0.1, -0.05) is 25.7 Å². The van der Waals surface area contributed by atoms with E-state index in [0.717, 1.165) is 18.4 Å². The van der Waals surface area contributed by atoms with Crippen molar-refractivity contribution in [2.75, 3.05) is 13.1 Å². The lowest BCUT2D eigenvalue weighted by Crippen LogP contribution is -2.31. The fourth-order valence-corrected chi connectivity index (χ4v) is 2.60. The molecule has 0 amide bonds. The molecule has 2 fully saturated rings. The third-order valence-electron chi connectivity index (χ3n) is 3.34. The van der Waals surface area contributed by atoms with Gasteiger partial charge in [0.25, 0.3) is 0 Å². The van der Waals surface area contributed by atoms with Gasteiger partial charge in [-0.15, -0.1) is 0 Å². The molecule has 0 aromatic rings. The van der Waals surface area contributed by atoms with Crippen LogP contribution in [0.3, 0.4) is 0 Å². The number of nitrogens with zero attached hydrogens (tertiary/aromatic N) is 1. The van der Waals surface area contributed by atoms with Crippen molar-refractivity contribution in [1.29, 1.82) is 0 Å². The van der Waals surface area contributed by atoms with E-state index in [4.69, 9.17) is 0 Å². The minimum Gasteiger partial charge on any atom is -0.241 e. The highest BCUT2D eigenvalue weighted by Gasteiger charge is 2.26. The molecule has 11 heavy (non-hydrogen) atoms. The minimum absolute atomic E-state index is 0.978. The van der Waals surface area contributed by atoms with Gasteiger partial charge >= 0.3 is 0 Å². The first-order chi connectivity index (χ1) is 5.47. The van der Waals surface area contributed by atoms with Crippen LogP contribution in [-0.4, -0.2) is 13.1 Å². The van der Waals surface area contributed by atoms with Crippen LogP contribution in [0.15, 0.2) is 0 Å². The van der Waals surface area contributed by atoms with Gasteiger partial charge in [-0.05, 0) is 24.7 Å². The van der Waals surface area contributed by atoms with Gasteiger partial charge in [0.15, 0.2) is 0 Å². The maximum Gasteiger partial charge on any atom is 0.0164 e. The Morgan fingerprint density at radius 3 is 2.55 bits per heavy atom. The zero-order valence-electron chi connectivity index (χ0n) is 7.26. The fraction of sp³-hybridized carbons (Fsp3) is 1.00. The highest BCUT2D eigenvalue weighted by Crippen LogP contribution is 2.32. The van der Waals surface area contributed by atoms with E-state index in [2.05, 4.69) is 5.32 Å². The van der Waals surface area contributed by atoms with Crippen molar-refractivity contribution in [2.24, 2.45) is 11.8 Å². The Labute approximate surface area is 69.6 Å². The molecule has 0 aromatic heterocycles. The molecule has 1 heterocycles. The van der Waals surface area contributed by atoms with Crippen LogP contribution in [0.2, 0.25) is 0 Å². The number of hydrogen-bond acceptors (Lipinski definition) is 0. The number of hydrogen-bond donors (Lipinski definition) is 0. The number of rotatable bonds is 0. The molecule has 2 unspecified atom stereocenters. The highest BCUT2D eigenvalue weighted by atomic mass is 14.9. The molecule has 0 aromatic carbocycles. The van der Waals surface area contributed by atoms with Crippen LogP contribution in [0, 0.1) is 11.8 Å². The summed E-state index contributed by atoms with van der Waals surface area (Å²) >= 11 is 0. The predicted octanol–water partition coefficient (Wildman–Crippen LogP) is 2.19. The lowest BCUT2D eigenvalue weighted by Gasteiger charge is -2.29. The van der Waals surface area contributed by atoms with Crippen molar-refractivity contribution in [3.63, 3.8) is 0 Å². The number of fused-ring (bicyclic) bond motifs is 1. The second-order valence-corrected chi connectivity index (χ2v) is 4.08. The van der Waals surface area contributed by atoms with E-state index in [9.17, 15) is 0 Å². The monoisotopic (exact) mass is 152 g/mol. The highest BCUT2D eigenvalue weighted by molar-refractivity contribution is 4.79. The van der Waals surface area contributed by atoms with Crippen molar-refractivity contribution in [1.82, 2.24) is 5.32 Å². The molecule has 1 saturated heterocycles. The molecule has 2 atom stereocenters. The van der Waals surface area contributed by atoms with Gasteiger partial charge in [-0.25, -0.2) is 5.32 Å². The average Bonchev–Trinajstić information content (AvgIpc) is 2.28. The topological polar surface area (TPSA) is 14.1 Å². The summed E-state index contributed by atoms with van der Waals surface area (Å²) in [6.07, 6.45) is 8.80. The molecule has 0 bridgehead atoms. The molecule has 1 aliphatic heterocycles. The molecule has 2 rings (SSSR count). The van der Waals surface area contributed by atoms with E-state index >= 15 is 0 Å². The minimum atomic E-state index is 0.978. The van der Waals surface area contributed by atoms with Gasteiger partial charge in [0.2, 0.25) is 0 Å². The summed E-state index contributed by atoms with van der Waals surface area (Å²) in [5.41, 5.74) is 0. The zero-order valence-corrected chi connectivity index (χ0v) is 7.26. The molecular weight excluding hydrogens is 134 g/mol. The van der Waals surface area contributed by atoms with E-state index in [-0.39, 0.29) is 0 Å². The maximum absolute atomic E-state index is 4.50. The Morgan fingerprint density at radius 1 is 0.818 bits per heavy atom. The Morgan fingerprint density at radius 2 is 1.64 bits per heavy atom. The summed E-state index contributed by atoms with van der Waals surface area (Å²) in [5, 5.41) is 4.50.